The average Bonchev–Trinajstić information content (AvgIpc) is 3.81. The second-order valence-corrected chi connectivity index (χ2v) is 14.5. The molecule has 3 aromatic carbocycles. The molecule has 3 aliphatic heterocycles. The van der Waals surface area contributed by atoms with Gasteiger partial charge in [0.15, 0.2) is 0 Å². The Morgan fingerprint density at radius 3 is 2.70 bits per heavy atom. The number of anilines is 2. The summed E-state index contributed by atoms with van der Waals surface area (Å²) in [4.78, 5) is 37.8. The molecule has 5 aromatic rings. The Hall–Kier alpha value is -5.17. The molecule has 2 fully saturated rings. The zero-order chi connectivity index (χ0) is 36.3. The molecule has 270 valence electrons. The molecule has 5 heterocycles. The van der Waals surface area contributed by atoms with Gasteiger partial charge in [0.1, 0.15) is 24.1 Å². The van der Waals surface area contributed by atoms with Crippen LogP contribution in [-0.2, 0) is 34.6 Å². The fourth-order valence-corrected chi connectivity index (χ4v) is 7.55. The van der Waals surface area contributed by atoms with Gasteiger partial charge in [0.25, 0.3) is 5.91 Å². The molecule has 2 amide bonds. The SMILES string of the molecule is O=C(Nc1ccc2c(c1)nc(CN1CC=C(c3cccc(OCc4ccc(Cl)cc4F)n3)CC1)n2C[C@@H]1CCO1)c1cc(F)c2c(c1)C1(CC1)C(=O)N2. The number of carbonyl (C=O) groups is 2. The van der Waals surface area contributed by atoms with Gasteiger partial charge in [-0.2, -0.15) is 0 Å². The van der Waals surface area contributed by atoms with Crippen LogP contribution in [0.2, 0.25) is 5.02 Å². The van der Waals surface area contributed by atoms with Gasteiger partial charge in [0.2, 0.25) is 11.8 Å². The van der Waals surface area contributed by atoms with Gasteiger partial charge in [0, 0.05) is 47.6 Å². The number of imidazole rings is 1. The highest BCUT2D eigenvalue weighted by Crippen LogP contribution is 2.55. The monoisotopic (exact) mass is 736 g/mol. The number of fused-ring (bicyclic) bond motifs is 3. The molecule has 10 nitrogen and oxygen atoms in total. The van der Waals surface area contributed by atoms with Crippen molar-refractivity contribution in [1.82, 2.24) is 19.4 Å². The standard InChI is InChI=1S/C40H35ClF2N6O4/c41-26-5-4-24(30(42)18-26)22-53-36-3-1-2-32(46-36)23-8-13-48(14-9-23)21-35-45-33-19-27(6-7-34(33)49(35)20-28-10-15-52-28)44-38(50)25-16-29-37(31(43)17-25)47-39(51)40(29)11-12-40/h1-8,16-19,28H,9-15,20-22H2,(H,44,50)(H,47,51)/t28-/m0/s1. The first kappa shape index (κ1) is 33.7. The van der Waals surface area contributed by atoms with E-state index in [-0.39, 0.29) is 29.9 Å². The second-order valence-electron chi connectivity index (χ2n) is 14.1. The Bertz CT molecular complexity index is 2340. The van der Waals surface area contributed by atoms with Crippen molar-refractivity contribution in [2.75, 3.05) is 30.3 Å². The van der Waals surface area contributed by atoms with Gasteiger partial charge in [-0.1, -0.05) is 29.8 Å². The van der Waals surface area contributed by atoms with E-state index in [2.05, 4.69) is 31.2 Å². The van der Waals surface area contributed by atoms with Crippen molar-refractivity contribution in [1.29, 1.82) is 0 Å². The summed E-state index contributed by atoms with van der Waals surface area (Å²) in [6, 6.07) is 18.5. The number of carbonyl (C=O) groups excluding carboxylic acids is 2. The molecule has 53 heavy (non-hydrogen) atoms. The molecule has 1 atom stereocenters. The third-order valence-electron chi connectivity index (χ3n) is 10.7. The van der Waals surface area contributed by atoms with E-state index in [1.165, 1.54) is 12.1 Å². The number of rotatable bonds is 10. The molecule has 1 spiro atoms. The topological polar surface area (TPSA) is 111 Å². The van der Waals surface area contributed by atoms with Crippen molar-refractivity contribution >= 4 is 51.4 Å². The molecule has 13 heteroatoms. The fraction of sp³-hybridized carbons (Fsp3) is 0.300. The van der Waals surface area contributed by atoms with Crippen LogP contribution in [0.15, 0.2) is 72.8 Å². The lowest BCUT2D eigenvalue weighted by Gasteiger charge is -2.29. The summed E-state index contributed by atoms with van der Waals surface area (Å²) in [5.74, 6) is -0.371. The van der Waals surface area contributed by atoms with Crippen molar-refractivity contribution in [3.05, 3.63) is 118 Å². The minimum atomic E-state index is -0.705. The smallest absolute Gasteiger partial charge is 0.255 e. The third kappa shape index (κ3) is 6.45. The number of halogens is 3. The quantitative estimate of drug-likeness (QED) is 0.155. The molecule has 0 radical (unpaired) electrons. The van der Waals surface area contributed by atoms with Crippen LogP contribution in [-0.4, -0.2) is 57.0 Å². The largest absolute Gasteiger partial charge is 0.473 e. The number of hydrogen-bond donors (Lipinski definition) is 2. The van der Waals surface area contributed by atoms with Crippen LogP contribution >= 0.6 is 11.6 Å². The summed E-state index contributed by atoms with van der Waals surface area (Å²) in [6.45, 7) is 3.56. The Kier molecular flexibility index (Phi) is 8.48. The van der Waals surface area contributed by atoms with Gasteiger partial charge in [0.05, 0.1) is 47.0 Å². The summed E-state index contributed by atoms with van der Waals surface area (Å²) < 4.78 is 43.0. The predicted molar refractivity (Wildman–Crippen MR) is 196 cm³/mol. The lowest BCUT2D eigenvalue weighted by Crippen LogP contribution is -2.33. The number of nitrogens with zero attached hydrogens (tertiary/aromatic N) is 4. The minimum Gasteiger partial charge on any atom is -0.473 e. The summed E-state index contributed by atoms with van der Waals surface area (Å²) in [5, 5.41) is 5.88. The molecular formula is C40H35ClF2N6O4. The van der Waals surface area contributed by atoms with Crippen molar-refractivity contribution in [2.24, 2.45) is 0 Å². The number of pyridine rings is 1. The number of benzene rings is 3. The van der Waals surface area contributed by atoms with E-state index < -0.39 is 23.0 Å². The van der Waals surface area contributed by atoms with Gasteiger partial charge in [-0.25, -0.2) is 18.7 Å². The van der Waals surface area contributed by atoms with Gasteiger partial charge >= 0.3 is 0 Å². The first-order valence-electron chi connectivity index (χ1n) is 17.8. The number of amides is 2. The van der Waals surface area contributed by atoms with E-state index in [4.69, 9.17) is 26.1 Å². The Labute approximate surface area is 308 Å². The Morgan fingerprint density at radius 2 is 1.94 bits per heavy atom. The number of hydrogen-bond acceptors (Lipinski definition) is 7. The molecule has 1 saturated heterocycles. The van der Waals surface area contributed by atoms with E-state index in [1.54, 1.807) is 24.3 Å². The third-order valence-corrected chi connectivity index (χ3v) is 10.9. The number of nitrogens with one attached hydrogen (secondary N) is 2. The first-order valence-corrected chi connectivity index (χ1v) is 18.1. The van der Waals surface area contributed by atoms with Crippen molar-refractivity contribution < 1.29 is 27.8 Å². The average molecular weight is 737 g/mol. The van der Waals surface area contributed by atoms with Crippen LogP contribution in [0.1, 0.15) is 58.7 Å². The van der Waals surface area contributed by atoms with E-state index in [0.717, 1.165) is 54.1 Å². The zero-order valence-electron chi connectivity index (χ0n) is 28.6. The number of aromatic nitrogens is 3. The maximum atomic E-state index is 15.0. The molecule has 0 unspecified atom stereocenters. The normalized spacial score (nSPS) is 18.7. The molecule has 1 saturated carbocycles. The molecule has 2 N–H and O–H groups in total. The molecule has 4 aliphatic rings. The van der Waals surface area contributed by atoms with Crippen LogP contribution < -0.4 is 15.4 Å². The molecule has 0 bridgehead atoms. The van der Waals surface area contributed by atoms with Crippen molar-refractivity contribution in [2.45, 2.75) is 56.9 Å². The van der Waals surface area contributed by atoms with E-state index >= 15 is 0 Å². The minimum absolute atomic E-state index is 0.0450. The molecular weight excluding hydrogens is 702 g/mol. The Balaban J connectivity index is 0.897. The van der Waals surface area contributed by atoms with Crippen LogP contribution in [0.3, 0.4) is 0 Å². The maximum Gasteiger partial charge on any atom is 0.255 e. The zero-order valence-corrected chi connectivity index (χ0v) is 29.4. The van der Waals surface area contributed by atoms with Crippen molar-refractivity contribution in [3.63, 3.8) is 0 Å². The number of ether oxygens (including phenoxy) is 2. The summed E-state index contributed by atoms with van der Waals surface area (Å²) >= 11 is 5.87. The van der Waals surface area contributed by atoms with Crippen LogP contribution in [0.4, 0.5) is 20.2 Å². The highest BCUT2D eigenvalue weighted by molar-refractivity contribution is 6.30. The summed E-state index contributed by atoms with van der Waals surface area (Å²) in [5.41, 5.74) is 4.74. The Morgan fingerprint density at radius 1 is 1.08 bits per heavy atom. The van der Waals surface area contributed by atoms with Crippen LogP contribution in [0, 0.1) is 11.6 Å². The van der Waals surface area contributed by atoms with Crippen molar-refractivity contribution in [3.8, 4) is 5.88 Å². The van der Waals surface area contributed by atoms with Crippen LogP contribution in [0.5, 0.6) is 5.88 Å². The fourth-order valence-electron chi connectivity index (χ4n) is 7.39. The maximum absolute atomic E-state index is 15.0. The van der Waals surface area contributed by atoms with Gasteiger partial charge in [-0.05, 0) is 85.4 Å². The van der Waals surface area contributed by atoms with Gasteiger partial charge in [-0.3, -0.25) is 14.5 Å². The van der Waals surface area contributed by atoms with E-state index in [0.29, 0.717) is 60.2 Å². The van der Waals surface area contributed by atoms with E-state index in [9.17, 15) is 18.4 Å². The summed E-state index contributed by atoms with van der Waals surface area (Å²) in [6.07, 6.45) is 5.34. The highest BCUT2D eigenvalue weighted by Gasteiger charge is 2.57. The molecule has 2 aromatic heterocycles. The lowest BCUT2D eigenvalue weighted by atomic mass is 9.95. The van der Waals surface area contributed by atoms with Gasteiger partial charge in [-0.15, -0.1) is 0 Å². The molecule has 9 rings (SSSR count). The molecule has 1 aliphatic carbocycles. The highest BCUT2D eigenvalue weighted by atomic mass is 35.5. The summed E-state index contributed by atoms with van der Waals surface area (Å²) in [7, 11) is 0. The second kappa shape index (κ2) is 13.4. The van der Waals surface area contributed by atoms with Crippen LogP contribution in [0.25, 0.3) is 16.6 Å². The van der Waals surface area contributed by atoms with E-state index in [1.807, 2.05) is 30.3 Å². The first-order chi connectivity index (χ1) is 25.7. The lowest BCUT2D eigenvalue weighted by molar-refractivity contribution is -0.117. The predicted octanol–water partition coefficient (Wildman–Crippen LogP) is 7.26. The van der Waals surface area contributed by atoms with Gasteiger partial charge < -0.3 is 24.7 Å².